The molecule has 4 heteroatoms. The summed E-state index contributed by atoms with van der Waals surface area (Å²) < 4.78 is 0. The lowest BCUT2D eigenvalue weighted by Crippen LogP contribution is -2.37. The SMILES string of the molecule is CC(=O)c1cccc(N2CCCNC(CC#N)C2)c1. The van der Waals surface area contributed by atoms with Gasteiger partial charge in [0.1, 0.15) is 0 Å². The molecule has 100 valence electrons. The van der Waals surface area contributed by atoms with E-state index in [9.17, 15) is 4.79 Å². The third-order valence-electron chi connectivity index (χ3n) is 3.43. The number of hydrogen-bond donors (Lipinski definition) is 1. The number of ketones is 1. The Hall–Kier alpha value is -1.86. The number of benzene rings is 1. The summed E-state index contributed by atoms with van der Waals surface area (Å²) in [5, 5.41) is 12.2. The van der Waals surface area contributed by atoms with Crippen LogP contribution in [0.25, 0.3) is 0 Å². The first-order valence-electron chi connectivity index (χ1n) is 6.67. The van der Waals surface area contributed by atoms with Crippen molar-refractivity contribution in [3.8, 4) is 6.07 Å². The fourth-order valence-corrected chi connectivity index (χ4v) is 2.40. The number of Topliss-reactive ketones (excluding diaryl/α,β-unsaturated/α-hetero) is 1. The van der Waals surface area contributed by atoms with Gasteiger partial charge in [-0.1, -0.05) is 12.1 Å². The second-order valence-corrected chi connectivity index (χ2v) is 4.92. The van der Waals surface area contributed by atoms with E-state index in [4.69, 9.17) is 5.26 Å². The molecule has 0 saturated carbocycles. The Morgan fingerprint density at radius 3 is 3.16 bits per heavy atom. The molecule has 1 aromatic rings. The van der Waals surface area contributed by atoms with Crippen LogP contribution in [0, 0.1) is 11.3 Å². The molecule has 1 heterocycles. The quantitative estimate of drug-likeness (QED) is 0.841. The second-order valence-electron chi connectivity index (χ2n) is 4.92. The lowest BCUT2D eigenvalue weighted by atomic mass is 10.1. The summed E-state index contributed by atoms with van der Waals surface area (Å²) in [6.07, 6.45) is 1.56. The zero-order chi connectivity index (χ0) is 13.7. The first-order valence-corrected chi connectivity index (χ1v) is 6.67. The highest BCUT2D eigenvalue weighted by molar-refractivity contribution is 5.94. The van der Waals surface area contributed by atoms with Crippen molar-refractivity contribution in [2.45, 2.75) is 25.8 Å². The smallest absolute Gasteiger partial charge is 0.159 e. The third-order valence-corrected chi connectivity index (χ3v) is 3.43. The summed E-state index contributed by atoms with van der Waals surface area (Å²) in [5.41, 5.74) is 1.81. The van der Waals surface area contributed by atoms with E-state index in [0.717, 1.165) is 37.3 Å². The lowest BCUT2D eigenvalue weighted by Gasteiger charge is -2.25. The number of carbonyl (C=O) groups is 1. The monoisotopic (exact) mass is 257 g/mol. The van der Waals surface area contributed by atoms with Gasteiger partial charge in [0.05, 0.1) is 12.5 Å². The topological polar surface area (TPSA) is 56.1 Å². The van der Waals surface area contributed by atoms with Crippen molar-refractivity contribution in [1.29, 1.82) is 5.26 Å². The van der Waals surface area contributed by atoms with Crippen molar-refractivity contribution < 1.29 is 4.79 Å². The minimum Gasteiger partial charge on any atom is -0.370 e. The Balaban J connectivity index is 2.17. The largest absolute Gasteiger partial charge is 0.370 e. The van der Waals surface area contributed by atoms with Crippen LogP contribution in [0.4, 0.5) is 5.69 Å². The zero-order valence-corrected chi connectivity index (χ0v) is 11.2. The summed E-state index contributed by atoms with van der Waals surface area (Å²) in [5.74, 6) is 0.0865. The number of anilines is 1. The number of nitriles is 1. The number of rotatable bonds is 3. The van der Waals surface area contributed by atoms with Gasteiger partial charge in [-0.25, -0.2) is 0 Å². The number of carbonyl (C=O) groups excluding carboxylic acids is 1. The van der Waals surface area contributed by atoms with Crippen molar-refractivity contribution in [1.82, 2.24) is 5.32 Å². The van der Waals surface area contributed by atoms with Crippen LogP contribution in [-0.4, -0.2) is 31.5 Å². The Morgan fingerprint density at radius 1 is 1.58 bits per heavy atom. The zero-order valence-electron chi connectivity index (χ0n) is 11.2. The maximum atomic E-state index is 11.4. The number of nitrogens with one attached hydrogen (secondary N) is 1. The Labute approximate surface area is 114 Å². The van der Waals surface area contributed by atoms with Crippen LogP contribution in [0.5, 0.6) is 0 Å². The van der Waals surface area contributed by atoms with E-state index in [1.165, 1.54) is 0 Å². The fourth-order valence-electron chi connectivity index (χ4n) is 2.40. The molecule has 19 heavy (non-hydrogen) atoms. The van der Waals surface area contributed by atoms with Crippen molar-refractivity contribution in [2.24, 2.45) is 0 Å². The molecule has 1 aliphatic heterocycles. The first-order chi connectivity index (χ1) is 9.20. The van der Waals surface area contributed by atoms with Gasteiger partial charge in [-0.05, 0) is 32.0 Å². The average molecular weight is 257 g/mol. The van der Waals surface area contributed by atoms with Crippen LogP contribution in [0.2, 0.25) is 0 Å². The van der Waals surface area contributed by atoms with Gasteiger partial charge in [-0.15, -0.1) is 0 Å². The van der Waals surface area contributed by atoms with Crippen LogP contribution < -0.4 is 10.2 Å². The summed E-state index contributed by atoms with van der Waals surface area (Å²) in [7, 11) is 0. The van der Waals surface area contributed by atoms with Crippen molar-refractivity contribution >= 4 is 11.5 Å². The second kappa shape index (κ2) is 6.35. The molecule has 1 N–H and O–H groups in total. The average Bonchev–Trinajstić information content (AvgIpc) is 2.65. The van der Waals surface area contributed by atoms with Gasteiger partial charge in [0, 0.05) is 30.4 Å². The lowest BCUT2D eigenvalue weighted by molar-refractivity contribution is 0.101. The highest BCUT2D eigenvalue weighted by Crippen LogP contribution is 2.19. The highest BCUT2D eigenvalue weighted by atomic mass is 16.1. The summed E-state index contributed by atoms with van der Waals surface area (Å²) >= 11 is 0. The van der Waals surface area contributed by atoms with E-state index in [0.29, 0.717) is 6.42 Å². The van der Waals surface area contributed by atoms with Gasteiger partial charge in [0.15, 0.2) is 5.78 Å². The Morgan fingerprint density at radius 2 is 2.42 bits per heavy atom. The fraction of sp³-hybridized carbons (Fsp3) is 0.467. The van der Waals surface area contributed by atoms with E-state index in [2.05, 4.69) is 16.3 Å². The molecule has 0 radical (unpaired) electrons. The molecule has 0 aliphatic carbocycles. The maximum absolute atomic E-state index is 11.4. The third kappa shape index (κ3) is 3.55. The molecular formula is C15H19N3O. The summed E-state index contributed by atoms with van der Waals surface area (Å²) in [6, 6.07) is 10.2. The molecule has 0 spiro atoms. The van der Waals surface area contributed by atoms with Gasteiger partial charge in [-0.2, -0.15) is 5.26 Å². The molecule has 2 rings (SSSR count). The summed E-state index contributed by atoms with van der Waals surface area (Å²) in [6.45, 7) is 4.29. The molecule has 1 aromatic carbocycles. The molecule has 1 fully saturated rings. The summed E-state index contributed by atoms with van der Waals surface area (Å²) in [4.78, 5) is 13.7. The van der Waals surface area contributed by atoms with Gasteiger partial charge in [0.2, 0.25) is 0 Å². The minimum atomic E-state index is 0.0865. The van der Waals surface area contributed by atoms with Crippen molar-refractivity contribution in [3.63, 3.8) is 0 Å². The number of nitrogens with zero attached hydrogens (tertiary/aromatic N) is 2. The van der Waals surface area contributed by atoms with Gasteiger partial charge in [0.25, 0.3) is 0 Å². The van der Waals surface area contributed by atoms with Gasteiger partial charge >= 0.3 is 0 Å². The highest BCUT2D eigenvalue weighted by Gasteiger charge is 2.18. The molecule has 1 atom stereocenters. The molecule has 1 saturated heterocycles. The van der Waals surface area contributed by atoms with E-state index < -0.39 is 0 Å². The van der Waals surface area contributed by atoms with Crippen molar-refractivity contribution in [3.05, 3.63) is 29.8 Å². The number of hydrogen-bond acceptors (Lipinski definition) is 4. The van der Waals surface area contributed by atoms with E-state index in [-0.39, 0.29) is 11.8 Å². The van der Waals surface area contributed by atoms with Crippen LogP contribution in [0.15, 0.2) is 24.3 Å². The van der Waals surface area contributed by atoms with E-state index in [1.54, 1.807) is 6.92 Å². The predicted octanol–water partition coefficient (Wildman–Crippen LogP) is 1.97. The van der Waals surface area contributed by atoms with Gasteiger partial charge in [-0.3, -0.25) is 4.79 Å². The molecule has 0 amide bonds. The molecular weight excluding hydrogens is 238 g/mol. The van der Waals surface area contributed by atoms with E-state index >= 15 is 0 Å². The first kappa shape index (κ1) is 13.6. The van der Waals surface area contributed by atoms with E-state index in [1.807, 2.05) is 24.3 Å². The Kier molecular flexibility index (Phi) is 4.53. The molecule has 0 aromatic heterocycles. The molecule has 0 bridgehead atoms. The maximum Gasteiger partial charge on any atom is 0.159 e. The minimum absolute atomic E-state index is 0.0865. The predicted molar refractivity (Wildman–Crippen MR) is 75.3 cm³/mol. The van der Waals surface area contributed by atoms with Crippen LogP contribution >= 0.6 is 0 Å². The molecule has 1 unspecified atom stereocenters. The molecule has 1 aliphatic rings. The standard InChI is InChI=1S/C15H19N3O/c1-12(19)13-4-2-5-15(10-13)18-9-3-8-17-14(11-18)6-7-16/h2,4-5,10,14,17H,3,6,8-9,11H2,1H3. The normalized spacial score (nSPS) is 19.6. The molecule has 4 nitrogen and oxygen atoms in total. The van der Waals surface area contributed by atoms with Crippen LogP contribution in [0.1, 0.15) is 30.1 Å². The van der Waals surface area contributed by atoms with Gasteiger partial charge < -0.3 is 10.2 Å². The Bertz CT molecular complexity index is 492. The van der Waals surface area contributed by atoms with Crippen molar-refractivity contribution in [2.75, 3.05) is 24.5 Å². The van der Waals surface area contributed by atoms with Crippen LogP contribution in [-0.2, 0) is 0 Å². The van der Waals surface area contributed by atoms with Crippen LogP contribution in [0.3, 0.4) is 0 Å².